The highest BCUT2D eigenvalue weighted by Gasteiger charge is 2.39. The average molecular weight is 415 g/mol. The van der Waals surface area contributed by atoms with Crippen molar-refractivity contribution in [2.75, 3.05) is 19.7 Å². The third-order valence-electron chi connectivity index (χ3n) is 5.47. The van der Waals surface area contributed by atoms with Gasteiger partial charge < -0.3 is 15.0 Å². The van der Waals surface area contributed by atoms with Gasteiger partial charge in [-0.25, -0.2) is 0 Å². The second-order valence-electron chi connectivity index (χ2n) is 7.83. The van der Waals surface area contributed by atoms with Crippen molar-refractivity contribution in [2.24, 2.45) is 5.41 Å². The average Bonchev–Trinajstić information content (AvgIpc) is 2.72. The van der Waals surface area contributed by atoms with Gasteiger partial charge >= 0.3 is 0 Å². The number of ether oxygens (including phenoxy) is 1. The van der Waals surface area contributed by atoms with Crippen molar-refractivity contribution in [3.05, 3.63) is 64.7 Å². The molecule has 0 aliphatic carbocycles. The van der Waals surface area contributed by atoms with E-state index in [4.69, 9.17) is 16.3 Å². The lowest BCUT2D eigenvalue weighted by Gasteiger charge is -2.39. The van der Waals surface area contributed by atoms with Crippen LogP contribution in [0.3, 0.4) is 0 Å². The molecule has 1 aliphatic heterocycles. The van der Waals surface area contributed by atoms with E-state index in [1.165, 1.54) is 0 Å². The highest BCUT2D eigenvalue weighted by atomic mass is 35.5. The summed E-state index contributed by atoms with van der Waals surface area (Å²) in [7, 11) is 0. The van der Waals surface area contributed by atoms with Gasteiger partial charge in [0, 0.05) is 24.7 Å². The number of carbonyl (C=O) groups excluding carboxylic acids is 2. The molecule has 0 aromatic heterocycles. The summed E-state index contributed by atoms with van der Waals surface area (Å²) in [5.74, 6) is 0.466. The zero-order chi connectivity index (χ0) is 20.9. The maximum absolute atomic E-state index is 12.9. The van der Waals surface area contributed by atoms with Crippen molar-refractivity contribution in [1.29, 1.82) is 0 Å². The number of rotatable bonds is 6. The molecule has 0 bridgehead atoms. The number of aryl methyl sites for hydroxylation is 1. The van der Waals surface area contributed by atoms with Crippen LogP contribution in [0.5, 0.6) is 5.75 Å². The van der Waals surface area contributed by atoms with Gasteiger partial charge in [-0.05, 0) is 62.1 Å². The number of nitrogens with one attached hydrogen (secondary N) is 1. The van der Waals surface area contributed by atoms with E-state index in [-0.39, 0.29) is 18.4 Å². The largest absolute Gasteiger partial charge is 0.484 e. The first-order valence-electron chi connectivity index (χ1n) is 9.86. The van der Waals surface area contributed by atoms with Crippen LogP contribution in [0.1, 0.15) is 30.9 Å². The molecule has 0 radical (unpaired) electrons. The Morgan fingerprint density at radius 1 is 1.17 bits per heavy atom. The smallest absolute Gasteiger partial charge is 0.260 e. The Morgan fingerprint density at radius 3 is 2.62 bits per heavy atom. The standard InChI is InChI=1S/C23H27ClN2O3/c1-17-6-3-4-7-18(17)14-25-22(28)23(2)12-5-13-26(16-23)21(27)15-29-20-10-8-19(24)9-11-20/h3-4,6-11H,5,12-16H2,1-2H3,(H,25,28). The lowest BCUT2D eigenvalue weighted by Crippen LogP contribution is -2.52. The normalized spacial score (nSPS) is 18.9. The van der Waals surface area contributed by atoms with Gasteiger partial charge in [-0.15, -0.1) is 0 Å². The van der Waals surface area contributed by atoms with Crippen molar-refractivity contribution in [3.63, 3.8) is 0 Å². The summed E-state index contributed by atoms with van der Waals surface area (Å²) >= 11 is 5.86. The van der Waals surface area contributed by atoms with Crippen LogP contribution in [-0.2, 0) is 16.1 Å². The van der Waals surface area contributed by atoms with Gasteiger partial charge in [-0.1, -0.05) is 35.9 Å². The lowest BCUT2D eigenvalue weighted by molar-refractivity contribution is -0.142. The van der Waals surface area contributed by atoms with E-state index in [0.29, 0.717) is 30.4 Å². The summed E-state index contributed by atoms with van der Waals surface area (Å²) in [6.45, 7) is 5.45. The van der Waals surface area contributed by atoms with Crippen LogP contribution in [-0.4, -0.2) is 36.4 Å². The predicted octanol–water partition coefficient (Wildman–Crippen LogP) is 3.97. The van der Waals surface area contributed by atoms with Crippen molar-refractivity contribution in [3.8, 4) is 5.75 Å². The van der Waals surface area contributed by atoms with E-state index < -0.39 is 5.41 Å². The minimum absolute atomic E-state index is 0.0168. The Bertz CT molecular complexity index is 869. The van der Waals surface area contributed by atoms with Crippen molar-refractivity contribution < 1.29 is 14.3 Å². The van der Waals surface area contributed by atoms with Gasteiger partial charge in [-0.2, -0.15) is 0 Å². The summed E-state index contributed by atoms with van der Waals surface area (Å²) in [5, 5.41) is 3.67. The molecule has 1 saturated heterocycles. The summed E-state index contributed by atoms with van der Waals surface area (Å²) in [5.41, 5.74) is 1.65. The Labute approximate surface area is 177 Å². The molecule has 0 saturated carbocycles. The molecule has 1 N–H and O–H groups in total. The van der Waals surface area contributed by atoms with Crippen LogP contribution in [0.2, 0.25) is 5.02 Å². The molecule has 1 atom stereocenters. The fourth-order valence-corrected chi connectivity index (χ4v) is 3.73. The van der Waals surface area contributed by atoms with Crippen LogP contribution in [0.15, 0.2) is 48.5 Å². The SMILES string of the molecule is Cc1ccccc1CNC(=O)C1(C)CCCN(C(=O)COc2ccc(Cl)cc2)C1. The molecular formula is C23H27ClN2O3. The van der Waals surface area contributed by atoms with E-state index in [2.05, 4.69) is 5.32 Å². The highest BCUT2D eigenvalue weighted by molar-refractivity contribution is 6.30. The Morgan fingerprint density at radius 2 is 1.90 bits per heavy atom. The monoisotopic (exact) mass is 414 g/mol. The molecular weight excluding hydrogens is 388 g/mol. The molecule has 2 amide bonds. The van der Waals surface area contributed by atoms with Crippen molar-refractivity contribution in [2.45, 2.75) is 33.2 Å². The summed E-state index contributed by atoms with van der Waals surface area (Å²) in [4.78, 5) is 27.2. The summed E-state index contributed by atoms with van der Waals surface area (Å²) in [6, 6.07) is 14.9. The summed E-state index contributed by atoms with van der Waals surface area (Å²) < 4.78 is 5.57. The Hall–Kier alpha value is -2.53. The van der Waals surface area contributed by atoms with Crippen LogP contribution in [0.4, 0.5) is 0 Å². The van der Waals surface area contributed by atoms with Gasteiger partial charge in [0.1, 0.15) is 5.75 Å². The number of amides is 2. The van der Waals surface area contributed by atoms with Gasteiger partial charge in [0.25, 0.3) is 5.91 Å². The van der Waals surface area contributed by atoms with Crippen LogP contribution < -0.4 is 10.1 Å². The number of carbonyl (C=O) groups is 2. The summed E-state index contributed by atoms with van der Waals surface area (Å²) in [6.07, 6.45) is 1.55. The van der Waals surface area contributed by atoms with Crippen LogP contribution >= 0.6 is 11.6 Å². The van der Waals surface area contributed by atoms with E-state index >= 15 is 0 Å². The lowest BCUT2D eigenvalue weighted by atomic mass is 9.81. The first-order valence-corrected chi connectivity index (χ1v) is 10.2. The molecule has 3 rings (SSSR count). The van der Waals surface area contributed by atoms with E-state index in [0.717, 1.165) is 24.0 Å². The maximum atomic E-state index is 12.9. The quantitative estimate of drug-likeness (QED) is 0.778. The second-order valence-corrected chi connectivity index (χ2v) is 8.27. The van der Waals surface area contributed by atoms with Crippen LogP contribution in [0.25, 0.3) is 0 Å². The molecule has 1 aliphatic rings. The maximum Gasteiger partial charge on any atom is 0.260 e. The molecule has 2 aromatic carbocycles. The number of hydrogen-bond donors (Lipinski definition) is 1. The van der Waals surface area contributed by atoms with E-state index in [1.807, 2.05) is 38.1 Å². The Balaban J connectivity index is 1.54. The van der Waals surface area contributed by atoms with E-state index in [1.54, 1.807) is 29.2 Å². The van der Waals surface area contributed by atoms with E-state index in [9.17, 15) is 9.59 Å². The fourth-order valence-electron chi connectivity index (χ4n) is 3.60. The molecule has 29 heavy (non-hydrogen) atoms. The van der Waals surface area contributed by atoms with Gasteiger partial charge in [-0.3, -0.25) is 9.59 Å². The number of likely N-dealkylation sites (tertiary alicyclic amines) is 1. The highest BCUT2D eigenvalue weighted by Crippen LogP contribution is 2.30. The molecule has 1 heterocycles. The van der Waals surface area contributed by atoms with Gasteiger partial charge in [0.05, 0.1) is 5.41 Å². The van der Waals surface area contributed by atoms with Crippen molar-refractivity contribution in [1.82, 2.24) is 10.2 Å². The molecule has 1 unspecified atom stereocenters. The molecule has 6 heteroatoms. The third-order valence-corrected chi connectivity index (χ3v) is 5.73. The minimum Gasteiger partial charge on any atom is -0.484 e. The van der Waals surface area contributed by atoms with Gasteiger partial charge in [0.15, 0.2) is 6.61 Å². The molecule has 2 aromatic rings. The van der Waals surface area contributed by atoms with Crippen LogP contribution in [0, 0.1) is 12.3 Å². The number of piperidine rings is 1. The van der Waals surface area contributed by atoms with Gasteiger partial charge in [0.2, 0.25) is 5.91 Å². The molecule has 5 nitrogen and oxygen atoms in total. The Kier molecular flexibility index (Phi) is 6.80. The molecule has 0 spiro atoms. The molecule has 1 fully saturated rings. The fraction of sp³-hybridized carbons (Fsp3) is 0.391. The third kappa shape index (κ3) is 5.51. The first kappa shape index (κ1) is 21.2. The minimum atomic E-state index is -0.600. The molecule has 154 valence electrons. The predicted molar refractivity (Wildman–Crippen MR) is 114 cm³/mol. The zero-order valence-electron chi connectivity index (χ0n) is 16.9. The number of hydrogen-bond acceptors (Lipinski definition) is 3. The second kappa shape index (κ2) is 9.31. The number of nitrogens with zero attached hydrogens (tertiary/aromatic N) is 1. The number of halogens is 1. The zero-order valence-corrected chi connectivity index (χ0v) is 17.7. The number of benzene rings is 2. The van der Waals surface area contributed by atoms with Crippen molar-refractivity contribution >= 4 is 23.4 Å². The topological polar surface area (TPSA) is 58.6 Å². The first-order chi connectivity index (χ1) is 13.9.